The van der Waals surface area contributed by atoms with Gasteiger partial charge in [0.1, 0.15) is 11.3 Å². The lowest BCUT2D eigenvalue weighted by Gasteiger charge is -2.12. The molecule has 8 aromatic rings. The largest absolute Gasteiger partial charge is 0.493 e. The quantitative estimate of drug-likeness (QED) is 0.157. The number of nitrogens with zero attached hydrogens (tertiary/aromatic N) is 6. The Bertz CT molecular complexity index is 2450. The zero-order valence-electron chi connectivity index (χ0n) is 26.7. The molecule has 4 aromatic carbocycles. The highest BCUT2D eigenvalue weighted by Crippen LogP contribution is 2.32. The number of nitrogen functional groups attached to an aromatic ring is 1. The maximum Gasteiger partial charge on any atom is 0.251 e. The van der Waals surface area contributed by atoms with Crippen molar-refractivity contribution in [2.24, 2.45) is 0 Å². The molecular formula is C40H30N8O2. The molecule has 0 bridgehead atoms. The molecule has 242 valence electrons. The van der Waals surface area contributed by atoms with Gasteiger partial charge < -0.3 is 16.2 Å². The molecule has 0 spiro atoms. The normalized spacial score (nSPS) is 11.1. The van der Waals surface area contributed by atoms with Crippen LogP contribution in [0.25, 0.3) is 56.4 Å². The summed E-state index contributed by atoms with van der Waals surface area (Å²) in [6, 6.07) is 43.7. The van der Waals surface area contributed by atoms with Gasteiger partial charge in [0, 0.05) is 41.2 Å². The monoisotopic (exact) mass is 654 g/mol. The minimum absolute atomic E-state index is 0.0108. The molecular weight excluding hydrogens is 624 g/mol. The van der Waals surface area contributed by atoms with Crippen molar-refractivity contribution in [3.63, 3.8) is 0 Å². The van der Waals surface area contributed by atoms with Crippen molar-refractivity contribution in [1.82, 2.24) is 34.6 Å². The van der Waals surface area contributed by atoms with Gasteiger partial charge in [0.15, 0.2) is 11.5 Å². The van der Waals surface area contributed by atoms with Crippen molar-refractivity contribution in [2.75, 3.05) is 5.73 Å². The van der Waals surface area contributed by atoms with Crippen molar-refractivity contribution >= 4 is 22.9 Å². The summed E-state index contributed by atoms with van der Waals surface area (Å²) in [5.74, 6) is 0.796. The van der Waals surface area contributed by atoms with Gasteiger partial charge in [-0.3, -0.25) is 9.36 Å². The third kappa shape index (κ3) is 5.82. The molecule has 8 rings (SSSR count). The lowest BCUT2D eigenvalue weighted by atomic mass is 10.1. The molecule has 4 heterocycles. The summed E-state index contributed by atoms with van der Waals surface area (Å²) < 4.78 is 3.43. The van der Waals surface area contributed by atoms with E-state index in [2.05, 4.69) is 15.4 Å². The molecule has 1 amide bonds. The molecule has 0 fully saturated rings. The molecule has 0 atom stereocenters. The van der Waals surface area contributed by atoms with Crippen LogP contribution in [-0.4, -0.2) is 40.3 Å². The highest BCUT2D eigenvalue weighted by atomic mass is 16.3. The van der Waals surface area contributed by atoms with E-state index in [4.69, 9.17) is 15.7 Å². The van der Waals surface area contributed by atoms with Gasteiger partial charge in [0.05, 0.1) is 22.6 Å². The smallest absolute Gasteiger partial charge is 0.251 e. The number of carbonyl (C=O) groups is 1. The number of imidazole rings is 1. The predicted octanol–water partition coefficient (Wildman–Crippen LogP) is 7.22. The summed E-state index contributed by atoms with van der Waals surface area (Å²) in [5.41, 5.74) is 14.7. The number of hydrogen-bond acceptors (Lipinski definition) is 7. The van der Waals surface area contributed by atoms with Crippen LogP contribution in [0, 0.1) is 0 Å². The number of benzene rings is 4. The van der Waals surface area contributed by atoms with E-state index >= 15 is 0 Å². The van der Waals surface area contributed by atoms with Crippen LogP contribution in [0.3, 0.4) is 0 Å². The molecule has 0 saturated heterocycles. The lowest BCUT2D eigenvalue weighted by Crippen LogP contribution is -2.22. The van der Waals surface area contributed by atoms with Crippen molar-refractivity contribution in [2.45, 2.75) is 6.54 Å². The Morgan fingerprint density at radius 2 is 1.40 bits per heavy atom. The number of pyridine rings is 2. The summed E-state index contributed by atoms with van der Waals surface area (Å²) in [4.78, 5) is 27.3. The number of anilines is 1. The maximum atomic E-state index is 13.1. The van der Waals surface area contributed by atoms with E-state index in [9.17, 15) is 9.90 Å². The summed E-state index contributed by atoms with van der Waals surface area (Å²) in [6.07, 6.45) is 1.65. The van der Waals surface area contributed by atoms with E-state index in [-0.39, 0.29) is 11.8 Å². The summed E-state index contributed by atoms with van der Waals surface area (Å²) in [7, 11) is 0. The van der Waals surface area contributed by atoms with Gasteiger partial charge in [-0.05, 0) is 66.2 Å². The van der Waals surface area contributed by atoms with Gasteiger partial charge in [-0.15, -0.1) is 0 Å². The van der Waals surface area contributed by atoms with E-state index in [0.29, 0.717) is 46.3 Å². The van der Waals surface area contributed by atoms with E-state index in [1.165, 1.54) is 4.68 Å². The van der Waals surface area contributed by atoms with Crippen LogP contribution in [0.1, 0.15) is 15.9 Å². The van der Waals surface area contributed by atoms with Crippen LogP contribution in [-0.2, 0) is 6.54 Å². The molecule has 0 aliphatic heterocycles. The number of rotatable bonds is 8. The van der Waals surface area contributed by atoms with E-state index in [1.54, 1.807) is 36.5 Å². The minimum Gasteiger partial charge on any atom is -0.493 e. The molecule has 0 aliphatic rings. The molecule has 0 radical (unpaired) electrons. The average molecular weight is 655 g/mol. The lowest BCUT2D eigenvalue weighted by molar-refractivity contribution is 0.0951. The molecule has 10 heteroatoms. The van der Waals surface area contributed by atoms with E-state index in [1.807, 2.05) is 114 Å². The Morgan fingerprint density at radius 3 is 2.10 bits per heavy atom. The standard InChI is InChI=1S/C40H30N8O2/c41-37-32(12-7-23-42-37)38-45-34-22-21-33(27-8-3-1-4-9-27)44-39(34)47(38)30-17-13-26(14-18-30)25-43-40(50)29-15-19-31(20-16-29)48-36(49)24-35(46-48)28-10-5-2-6-11-28/h1-24,49H,25H2,(H2,41,42)(H,43,50). The van der Waals surface area contributed by atoms with Crippen molar-refractivity contribution in [3.8, 4) is 51.2 Å². The van der Waals surface area contributed by atoms with Gasteiger partial charge >= 0.3 is 0 Å². The topological polar surface area (TPSA) is 137 Å². The first kappa shape index (κ1) is 30.3. The Morgan fingerprint density at radius 1 is 0.720 bits per heavy atom. The number of hydrogen-bond donors (Lipinski definition) is 3. The van der Waals surface area contributed by atoms with Crippen LogP contribution in [0.5, 0.6) is 5.88 Å². The zero-order chi connectivity index (χ0) is 34.0. The maximum absolute atomic E-state index is 13.1. The molecule has 0 saturated carbocycles. The number of carbonyl (C=O) groups excluding carboxylic acids is 1. The van der Waals surface area contributed by atoms with Crippen LogP contribution < -0.4 is 11.1 Å². The highest BCUT2D eigenvalue weighted by molar-refractivity contribution is 5.94. The number of nitrogens with two attached hydrogens (primary N) is 1. The fourth-order valence-corrected chi connectivity index (χ4v) is 5.87. The van der Waals surface area contributed by atoms with Gasteiger partial charge in [-0.1, -0.05) is 72.8 Å². The van der Waals surface area contributed by atoms with Gasteiger partial charge in [0.2, 0.25) is 5.88 Å². The number of amides is 1. The summed E-state index contributed by atoms with van der Waals surface area (Å²) in [5, 5.41) is 18.0. The number of fused-ring (bicyclic) bond motifs is 1. The van der Waals surface area contributed by atoms with Crippen molar-refractivity contribution in [1.29, 1.82) is 0 Å². The Kier molecular flexibility index (Phi) is 7.78. The molecule has 4 N–H and O–H groups in total. The van der Waals surface area contributed by atoms with E-state index in [0.717, 1.165) is 33.6 Å². The Hall–Kier alpha value is -7.07. The first-order valence-corrected chi connectivity index (χ1v) is 16.0. The van der Waals surface area contributed by atoms with Crippen molar-refractivity contribution in [3.05, 3.63) is 157 Å². The van der Waals surface area contributed by atoms with Crippen LogP contribution in [0.4, 0.5) is 5.82 Å². The van der Waals surface area contributed by atoms with Crippen LogP contribution in [0.2, 0.25) is 0 Å². The second-order valence-corrected chi connectivity index (χ2v) is 11.7. The third-order valence-electron chi connectivity index (χ3n) is 8.44. The second kappa shape index (κ2) is 12.9. The van der Waals surface area contributed by atoms with Gasteiger partial charge in [-0.25, -0.2) is 19.6 Å². The fourth-order valence-electron chi connectivity index (χ4n) is 5.87. The first-order valence-electron chi connectivity index (χ1n) is 16.0. The van der Waals surface area contributed by atoms with E-state index < -0.39 is 0 Å². The predicted molar refractivity (Wildman–Crippen MR) is 194 cm³/mol. The van der Waals surface area contributed by atoms with Gasteiger partial charge in [-0.2, -0.15) is 5.10 Å². The summed E-state index contributed by atoms with van der Waals surface area (Å²) in [6.45, 7) is 0.324. The average Bonchev–Trinajstić information content (AvgIpc) is 3.75. The Balaban J connectivity index is 1.02. The minimum atomic E-state index is -0.220. The molecule has 4 aromatic heterocycles. The first-order chi connectivity index (χ1) is 24.5. The number of aromatic nitrogens is 6. The Labute approximate surface area is 287 Å². The zero-order valence-corrected chi connectivity index (χ0v) is 26.7. The third-order valence-corrected chi connectivity index (χ3v) is 8.44. The van der Waals surface area contributed by atoms with Crippen LogP contribution >= 0.6 is 0 Å². The molecule has 50 heavy (non-hydrogen) atoms. The van der Waals surface area contributed by atoms with Crippen LogP contribution in [0.15, 0.2) is 146 Å². The molecule has 0 unspecified atom stereocenters. The van der Waals surface area contributed by atoms with Crippen molar-refractivity contribution < 1.29 is 9.90 Å². The van der Waals surface area contributed by atoms with Gasteiger partial charge in [0.25, 0.3) is 5.91 Å². The SMILES string of the molecule is Nc1ncccc1-c1nc2ccc(-c3ccccc3)nc2n1-c1ccc(CNC(=O)c2ccc(-n3nc(-c4ccccc4)cc3O)cc2)cc1. The fraction of sp³-hybridized carbons (Fsp3) is 0.0250. The number of aromatic hydroxyl groups is 1. The number of nitrogens with one attached hydrogen (secondary N) is 1. The second-order valence-electron chi connectivity index (χ2n) is 11.7. The molecule has 10 nitrogen and oxygen atoms in total. The molecule has 0 aliphatic carbocycles. The summed E-state index contributed by atoms with van der Waals surface area (Å²) >= 11 is 0. The highest BCUT2D eigenvalue weighted by Gasteiger charge is 2.19.